The van der Waals surface area contributed by atoms with E-state index in [1.807, 2.05) is 13.8 Å². The molecule has 7 heteroatoms. The van der Waals surface area contributed by atoms with Crippen LogP contribution >= 0.6 is 12.4 Å². The maximum absolute atomic E-state index is 11.2. The van der Waals surface area contributed by atoms with Crippen LogP contribution in [0, 0.1) is 0 Å². The molecule has 5 nitrogen and oxygen atoms in total. The topological polar surface area (TPSA) is 67.4 Å². The summed E-state index contributed by atoms with van der Waals surface area (Å²) in [7, 11) is -3.15. The van der Waals surface area contributed by atoms with E-state index in [9.17, 15) is 8.42 Å². The average molecular weight is 261 g/mol. The van der Waals surface area contributed by atoms with Gasteiger partial charge >= 0.3 is 0 Å². The van der Waals surface area contributed by atoms with Gasteiger partial charge in [0.2, 0.25) is 10.0 Å². The van der Waals surface area contributed by atoms with Gasteiger partial charge in [0.25, 0.3) is 0 Å². The lowest BCUT2D eigenvalue weighted by molar-refractivity contribution is 0.163. The maximum Gasteiger partial charge on any atom is 0.213 e. The minimum absolute atomic E-state index is 0. The van der Waals surface area contributed by atoms with Crippen LogP contribution in [0.15, 0.2) is 0 Å². The van der Waals surface area contributed by atoms with E-state index in [1.165, 1.54) is 0 Å². The lowest BCUT2D eigenvalue weighted by Gasteiger charge is -2.06. The SMILES string of the molecule is CCNCCNS(=O)(=O)CCOCC.Cl. The number of ether oxygens (including phenoxy) is 1. The summed E-state index contributed by atoms with van der Waals surface area (Å²) in [5.41, 5.74) is 0. The first-order chi connectivity index (χ1) is 6.62. The number of rotatable bonds is 9. The minimum Gasteiger partial charge on any atom is -0.381 e. The second kappa shape index (κ2) is 10.6. The van der Waals surface area contributed by atoms with Gasteiger partial charge in [-0.15, -0.1) is 12.4 Å². The van der Waals surface area contributed by atoms with Crippen LogP contribution in [0.5, 0.6) is 0 Å². The smallest absolute Gasteiger partial charge is 0.213 e. The lowest BCUT2D eigenvalue weighted by atomic mass is 10.6. The van der Waals surface area contributed by atoms with Gasteiger partial charge in [0.05, 0.1) is 12.4 Å². The summed E-state index contributed by atoms with van der Waals surface area (Å²) >= 11 is 0. The number of hydrogen-bond acceptors (Lipinski definition) is 4. The zero-order valence-corrected chi connectivity index (χ0v) is 10.9. The molecular formula is C8H21ClN2O3S. The van der Waals surface area contributed by atoms with Crippen molar-refractivity contribution >= 4 is 22.4 Å². The maximum atomic E-state index is 11.2. The summed E-state index contributed by atoms with van der Waals surface area (Å²) in [4.78, 5) is 0. The molecule has 0 spiro atoms. The van der Waals surface area contributed by atoms with E-state index in [0.29, 0.717) is 19.7 Å². The third kappa shape index (κ3) is 12.0. The van der Waals surface area contributed by atoms with E-state index < -0.39 is 10.0 Å². The Morgan fingerprint density at radius 2 is 1.87 bits per heavy atom. The monoisotopic (exact) mass is 260 g/mol. The predicted molar refractivity (Wildman–Crippen MR) is 64.1 cm³/mol. The molecule has 0 aliphatic heterocycles. The van der Waals surface area contributed by atoms with Gasteiger partial charge in [-0.25, -0.2) is 13.1 Å². The van der Waals surface area contributed by atoms with Crippen LogP contribution in [0.25, 0.3) is 0 Å². The first kappa shape index (κ1) is 17.5. The van der Waals surface area contributed by atoms with E-state index in [1.54, 1.807) is 0 Å². The number of nitrogens with one attached hydrogen (secondary N) is 2. The zero-order valence-electron chi connectivity index (χ0n) is 9.28. The van der Waals surface area contributed by atoms with Crippen LogP contribution in [0.4, 0.5) is 0 Å². The van der Waals surface area contributed by atoms with Crippen LogP contribution in [0.1, 0.15) is 13.8 Å². The Kier molecular flexibility index (Phi) is 12.4. The first-order valence-electron chi connectivity index (χ1n) is 4.88. The van der Waals surface area contributed by atoms with Gasteiger partial charge in [0.15, 0.2) is 0 Å². The van der Waals surface area contributed by atoms with Crippen LogP contribution in [0.2, 0.25) is 0 Å². The van der Waals surface area contributed by atoms with E-state index in [4.69, 9.17) is 4.74 Å². The molecule has 15 heavy (non-hydrogen) atoms. The van der Waals surface area contributed by atoms with Crippen molar-refractivity contribution in [3.05, 3.63) is 0 Å². The zero-order chi connectivity index (χ0) is 10.9. The highest BCUT2D eigenvalue weighted by atomic mass is 35.5. The number of halogens is 1. The Morgan fingerprint density at radius 3 is 2.40 bits per heavy atom. The Balaban J connectivity index is 0. The molecule has 0 bridgehead atoms. The normalized spacial score (nSPS) is 11.1. The van der Waals surface area contributed by atoms with Gasteiger partial charge < -0.3 is 10.1 Å². The van der Waals surface area contributed by atoms with Crippen LogP contribution in [-0.2, 0) is 14.8 Å². The Bertz CT molecular complexity index is 222. The summed E-state index contributed by atoms with van der Waals surface area (Å²) in [6, 6.07) is 0. The van der Waals surface area contributed by atoms with Crippen molar-refractivity contribution < 1.29 is 13.2 Å². The predicted octanol–water partition coefficient (Wildman–Crippen LogP) is -0.0264. The highest BCUT2D eigenvalue weighted by Crippen LogP contribution is 1.84. The molecule has 0 aromatic heterocycles. The Morgan fingerprint density at radius 1 is 1.20 bits per heavy atom. The van der Waals surface area contributed by atoms with Gasteiger partial charge in [-0.05, 0) is 13.5 Å². The summed E-state index contributed by atoms with van der Waals surface area (Å²) < 4.78 is 29.9. The highest BCUT2D eigenvalue weighted by Gasteiger charge is 2.07. The number of sulfonamides is 1. The molecule has 0 heterocycles. The molecular weight excluding hydrogens is 240 g/mol. The van der Waals surface area contributed by atoms with E-state index in [0.717, 1.165) is 6.54 Å². The molecule has 0 atom stereocenters. The van der Waals surface area contributed by atoms with Gasteiger partial charge in [-0.3, -0.25) is 0 Å². The van der Waals surface area contributed by atoms with Crippen molar-refractivity contribution in [2.75, 3.05) is 38.6 Å². The molecule has 0 aliphatic rings. The molecule has 0 aromatic rings. The van der Waals surface area contributed by atoms with Crippen LogP contribution < -0.4 is 10.0 Å². The lowest BCUT2D eigenvalue weighted by Crippen LogP contribution is -2.34. The molecule has 0 amide bonds. The molecule has 0 radical (unpaired) electrons. The number of likely N-dealkylation sites (N-methyl/N-ethyl adjacent to an activating group) is 1. The average Bonchev–Trinajstić information content (AvgIpc) is 2.13. The highest BCUT2D eigenvalue weighted by molar-refractivity contribution is 7.89. The van der Waals surface area contributed by atoms with Gasteiger partial charge in [0.1, 0.15) is 0 Å². The van der Waals surface area contributed by atoms with Crippen molar-refractivity contribution in [3.63, 3.8) is 0 Å². The van der Waals surface area contributed by atoms with E-state index in [2.05, 4.69) is 10.0 Å². The first-order valence-corrected chi connectivity index (χ1v) is 6.53. The van der Waals surface area contributed by atoms with Crippen molar-refractivity contribution in [3.8, 4) is 0 Å². The molecule has 0 rings (SSSR count). The molecule has 0 saturated carbocycles. The molecule has 94 valence electrons. The molecule has 0 aliphatic carbocycles. The number of hydrogen-bond donors (Lipinski definition) is 2. The van der Waals surface area contributed by atoms with Gasteiger partial charge in [-0.2, -0.15) is 0 Å². The van der Waals surface area contributed by atoms with Gasteiger partial charge in [0, 0.05) is 19.7 Å². The van der Waals surface area contributed by atoms with Crippen molar-refractivity contribution in [2.45, 2.75) is 13.8 Å². The fourth-order valence-electron chi connectivity index (χ4n) is 0.857. The van der Waals surface area contributed by atoms with Crippen molar-refractivity contribution in [1.82, 2.24) is 10.0 Å². The van der Waals surface area contributed by atoms with Crippen LogP contribution in [-0.4, -0.2) is 47.0 Å². The molecule has 0 aromatic carbocycles. The fourth-order valence-corrected chi connectivity index (χ4v) is 1.75. The summed E-state index contributed by atoms with van der Waals surface area (Å²) in [6.45, 7) is 6.56. The standard InChI is InChI=1S/C8H20N2O3S.ClH/c1-3-9-5-6-10-14(11,12)8-7-13-4-2;/h9-10H,3-8H2,1-2H3;1H. The quantitative estimate of drug-likeness (QED) is 0.572. The summed E-state index contributed by atoms with van der Waals surface area (Å²) in [6.07, 6.45) is 0. The third-order valence-corrected chi connectivity index (χ3v) is 2.92. The Hall–Kier alpha value is 0.120. The second-order valence-electron chi connectivity index (χ2n) is 2.76. The van der Waals surface area contributed by atoms with Crippen molar-refractivity contribution in [1.29, 1.82) is 0 Å². The van der Waals surface area contributed by atoms with E-state index in [-0.39, 0.29) is 24.8 Å². The third-order valence-electron chi connectivity index (χ3n) is 1.57. The minimum atomic E-state index is -3.15. The largest absolute Gasteiger partial charge is 0.381 e. The summed E-state index contributed by atoms with van der Waals surface area (Å²) in [5.74, 6) is 0.0347. The van der Waals surface area contributed by atoms with Gasteiger partial charge in [-0.1, -0.05) is 6.92 Å². The molecule has 0 saturated heterocycles. The van der Waals surface area contributed by atoms with Crippen LogP contribution in [0.3, 0.4) is 0 Å². The molecule has 0 fully saturated rings. The molecule has 0 unspecified atom stereocenters. The van der Waals surface area contributed by atoms with Crippen molar-refractivity contribution in [2.24, 2.45) is 0 Å². The second-order valence-corrected chi connectivity index (χ2v) is 4.69. The fraction of sp³-hybridized carbons (Fsp3) is 1.00. The Labute approximate surface area is 98.4 Å². The molecule has 2 N–H and O–H groups in total. The van der Waals surface area contributed by atoms with E-state index >= 15 is 0 Å². The summed E-state index contributed by atoms with van der Waals surface area (Å²) in [5, 5.41) is 3.03.